The molecule has 0 unspecified atom stereocenters. The average Bonchev–Trinajstić information content (AvgIpc) is 2.28. The Morgan fingerprint density at radius 1 is 1.60 bits per heavy atom. The van der Waals surface area contributed by atoms with Gasteiger partial charge in [-0.1, -0.05) is 0 Å². The van der Waals surface area contributed by atoms with Gasteiger partial charge in [0.25, 0.3) is 0 Å². The van der Waals surface area contributed by atoms with Gasteiger partial charge in [0.2, 0.25) is 0 Å². The zero-order chi connectivity index (χ0) is 6.81. The molecule has 1 aromatic rings. The predicted molar refractivity (Wildman–Crippen MR) is 36.5 cm³/mol. The largest absolute Gasteiger partial charge is 0.375 e. The summed E-state index contributed by atoms with van der Waals surface area (Å²) in [6.45, 7) is 2.65. The molecule has 0 radical (unpaired) electrons. The van der Waals surface area contributed by atoms with Gasteiger partial charge in [0.05, 0.1) is 24.8 Å². The van der Waals surface area contributed by atoms with Gasteiger partial charge in [-0.3, -0.25) is 0 Å². The smallest absolute Gasteiger partial charge is 0.0948 e. The van der Waals surface area contributed by atoms with Crippen molar-refractivity contribution in [3.05, 3.63) is 18.2 Å². The monoisotopic (exact) mass is 138 g/mol. The van der Waals surface area contributed by atoms with Crippen LogP contribution in [0.3, 0.4) is 0 Å². The van der Waals surface area contributed by atoms with Crippen molar-refractivity contribution >= 4 is 0 Å². The van der Waals surface area contributed by atoms with E-state index in [4.69, 9.17) is 4.74 Å². The first-order chi connectivity index (χ1) is 4.97. The fourth-order valence-corrected chi connectivity index (χ4v) is 1.18. The number of nitrogens with zero attached hydrogens (tertiary/aromatic N) is 2. The summed E-state index contributed by atoms with van der Waals surface area (Å²) < 4.78 is 7.46. The summed E-state index contributed by atoms with van der Waals surface area (Å²) in [6, 6.07) is 0. The highest BCUT2D eigenvalue weighted by atomic mass is 16.5. The Morgan fingerprint density at radius 3 is 3.60 bits per heavy atom. The van der Waals surface area contributed by atoms with Gasteiger partial charge < -0.3 is 9.30 Å². The van der Waals surface area contributed by atoms with E-state index in [0.717, 1.165) is 26.2 Å². The van der Waals surface area contributed by atoms with Crippen LogP contribution in [0, 0.1) is 0 Å². The Kier molecular flexibility index (Phi) is 1.43. The minimum Gasteiger partial charge on any atom is -0.375 e. The van der Waals surface area contributed by atoms with Crippen molar-refractivity contribution in [3.8, 4) is 0 Å². The first-order valence-corrected chi connectivity index (χ1v) is 3.53. The second-order valence-electron chi connectivity index (χ2n) is 2.48. The summed E-state index contributed by atoms with van der Waals surface area (Å²) in [5.41, 5.74) is 1.19. The molecule has 0 saturated carbocycles. The number of ether oxygens (including phenoxy) is 1. The van der Waals surface area contributed by atoms with Crippen LogP contribution in [0.25, 0.3) is 0 Å². The van der Waals surface area contributed by atoms with Crippen LogP contribution in [0.1, 0.15) is 12.1 Å². The molecule has 0 aliphatic carbocycles. The molecule has 54 valence electrons. The molecule has 0 bridgehead atoms. The molecule has 0 amide bonds. The average molecular weight is 138 g/mol. The SMILES string of the molecule is c1ncn2c1COCCC2. The van der Waals surface area contributed by atoms with E-state index < -0.39 is 0 Å². The lowest BCUT2D eigenvalue weighted by Gasteiger charge is -1.98. The molecule has 2 rings (SSSR count). The highest BCUT2D eigenvalue weighted by molar-refractivity contribution is 4.96. The van der Waals surface area contributed by atoms with Gasteiger partial charge in [-0.25, -0.2) is 4.98 Å². The molecule has 0 fully saturated rings. The van der Waals surface area contributed by atoms with Crippen LogP contribution in [-0.4, -0.2) is 16.2 Å². The molecular formula is C7H10N2O. The third kappa shape index (κ3) is 0.926. The molecule has 0 spiro atoms. The predicted octanol–water partition coefficient (Wildman–Crippen LogP) is 0.803. The number of hydrogen-bond acceptors (Lipinski definition) is 2. The van der Waals surface area contributed by atoms with Gasteiger partial charge in [0.15, 0.2) is 0 Å². The topological polar surface area (TPSA) is 27.1 Å². The molecule has 2 heterocycles. The lowest BCUT2D eigenvalue weighted by atomic mass is 10.4. The Balaban J connectivity index is 2.28. The number of rotatable bonds is 0. The number of aromatic nitrogens is 2. The van der Waals surface area contributed by atoms with Crippen LogP contribution in [0.4, 0.5) is 0 Å². The van der Waals surface area contributed by atoms with Crippen LogP contribution in [0.15, 0.2) is 12.5 Å². The van der Waals surface area contributed by atoms with Crippen molar-refractivity contribution in [1.29, 1.82) is 0 Å². The lowest BCUT2D eigenvalue weighted by Crippen LogP contribution is -1.97. The number of fused-ring (bicyclic) bond motifs is 1. The van der Waals surface area contributed by atoms with E-state index in [-0.39, 0.29) is 0 Å². The first kappa shape index (κ1) is 5.92. The summed E-state index contributed by atoms with van der Waals surface area (Å²) in [5.74, 6) is 0. The molecule has 1 aromatic heterocycles. The zero-order valence-electron chi connectivity index (χ0n) is 5.79. The second-order valence-corrected chi connectivity index (χ2v) is 2.48. The number of aryl methyl sites for hydroxylation is 1. The third-order valence-electron chi connectivity index (χ3n) is 1.74. The summed E-state index contributed by atoms with van der Waals surface area (Å²) in [7, 11) is 0. The van der Waals surface area contributed by atoms with Crippen molar-refractivity contribution in [1.82, 2.24) is 9.55 Å². The zero-order valence-corrected chi connectivity index (χ0v) is 5.79. The first-order valence-electron chi connectivity index (χ1n) is 3.53. The molecular weight excluding hydrogens is 128 g/mol. The molecule has 1 aliphatic rings. The van der Waals surface area contributed by atoms with Gasteiger partial charge in [-0.2, -0.15) is 0 Å². The van der Waals surface area contributed by atoms with E-state index in [1.54, 1.807) is 0 Å². The van der Waals surface area contributed by atoms with Crippen molar-refractivity contribution in [2.75, 3.05) is 6.61 Å². The Bertz CT molecular complexity index is 199. The molecule has 3 heteroatoms. The van der Waals surface area contributed by atoms with E-state index in [1.807, 2.05) is 12.5 Å². The lowest BCUT2D eigenvalue weighted by molar-refractivity contribution is 0.124. The number of hydrogen-bond donors (Lipinski definition) is 0. The maximum atomic E-state index is 5.32. The summed E-state index contributed by atoms with van der Waals surface area (Å²) in [6.07, 6.45) is 4.83. The van der Waals surface area contributed by atoms with Gasteiger partial charge in [-0.15, -0.1) is 0 Å². The maximum Gasteiger partial charge on any atom is 0.0948 e. The normalized spacial score (nSPS) is 18.0. The van der Waals surface area contributed by atoms with Crippen molar-refractivity contribution < 1.29 is 4.74 Å². The van der Waals surface area contributed by atoms with Crippen LogP contribution < -0.4 is 0 Å². The Labute approximate surface area is 59.6 Å². The van der Waals surface area contributed by atoms with E-state index >= 15 is 0 Å². The molecule has 0 N–H and O–H groups in total. The van der Waals surface area contributed by atoms with Crippen LogP contribution in [0.2, 0.25) is 0 Å². The summed E-state index contributed by atoms with van der Waals surface area (Å²) in [5, 5.41) is 0. The van der Waals surface area contributed by atoms with E-state index in [9.17, 15) is 0 Å². The molecule has 1 aliphatic heterocycles. The third-order valence-corrected chi connectivity index (χ3v) is 1.74. The highest BCUT2D eigenvalue weighted by Crippen LogP contribution is 2.06. The molecule has 0 atom stereocenters. The Hall–Kier alpha value is -0.830. The van der Waals surface area contributed by atoms with E-state index in [2.05, 4.69) is 9.55 Å². The molecule has 0 aromatic carbocycles. The van der Waals surface area contributed by atoms with Crippen LogP contribution >= 0.6 is 0 Å². The van der Waals surface area contributed by atoms with Gasteiger partial charge >= 0.3 is 0 Å². The Morgan fingerprint density at radius 2 is 2.60 bits per heavy atom. The van der Waals surface area contributed by atoms with Crippen molar-refractivity contribution in [2.45, 2.75) is 19.6 Å². The summed E-state index contributed by atoms with van der Waals surface area (Å²) in [4.78, 5) is 4.03. The quantitative estimate of drug-likeness (QED) is 0.530. The van der Waals surface area contributed by atoms with Crippen LogP contribution in [0.5, 0.6) is 0 Å². The van der Waals surface area contributed by atoms with E-state index in [1.165, 1.54) is 5.69 Å². The minimum atomic E-state index is 0.722. The molecule has 0 saturated heterocycles. The molecule has 10 heavy (non-hydrogen) atoms. The summed E-state index contributed by atoms with van der Waals surface area (Å²) >= 11 is 0. The fraction of sp³-hybridized carbons (Fsp3) is 0.571. The molecule has 3 nitrogen and oxygen atoms in total. The van der Waals surface area contributed by atoms with Gasteiger partial charge in [-0.05, 0) is 6.42 Å². The van der Waals surface area contributed by atoms with Gasteiger partial charge in [0.1, 0.15) is 0 Å². The highest BCUT2D eigenvalue weighted by Gasteiger charge is 2.05. The van der Waals surface area contributed by atoms with Gasteiger partial charge in [0, 0.05) is 13.2 Å². The fourth-order valence-electron chi connectivity index (χ4n) is 1.18. The second kappa shape index (κ2) is 2.42. The van der Waals surface area contributed by atoms with Crippen molar-refractivity contribution in [3.63, 3.8) is 0 Å². The van der Waals surface area contributed by atoms with Crippen molar-refractivity contribution in [2.24, 2.45) is 0 Å². The van der Waals surface area contributed by atoms with E-state index in [0.29, 0.717) is 0 Å². The minimum absolute atomic E-state index is 0.722. The number of imidazole rings is 1. The standard InChI is InChI=1S/C7H10N2O/c1-2-9-6-8-4-7(9)5-10-3-1/h4,6H,1-3,5H2. The van der Waals surface area contributed by atoms with Crippen LogP contribution in [-0.2, 0) is 17.9 Å². The maximum absolute atomic E-state index is 5.32.